The van der Waals surface area contributed by atoms with E-state index in [9.17, 15) is 13.2 Å². The summed E-state index contributed by atoms with van der Waals surface area (Å²) >= 11 is 0. The SMILES string of the molecule is CCc1c2nc(-c3cc(S(=O)(=O)N4CCN(CC)CC4)cnc3O[C@@H]3CCOC3)[nH]c(=O)c2nn1Cc1ccccn1. The molecule has 0 amide bonds. The van der Waals surface area contributed by atoms with Crippen molar-refractivity contribution in [1.82, 2.24) is 38.9 Å². The van der Waals surface area contributed by atoms with Gasteiger partial charge in [0.25, 0.3) is 5.56 Å². The van der Waals surface area contributed by atoms with Gasteiger partial charge in [0.1, 0.15) is 22.3 Å². The Morgan fingerprint density at radius 3 is 2.64 bits per heavy atom. The summed E-state index contributed by atoms with van der Waals surface area (Å²) in [6, 6.07) is 7.13. The van der Waals surface area contributed by atoms with Crippen LogP contribution in [0.25, 0.3) is 22.4 Å². The Kier molecular flexibility index (Phi) is 8.03. The Morgan fingerprint density at radius 1 is 1.12 bits per heavy atom. The van der Waals surface area contributed by atoms with Crippen molar-refractivity contribution >= 4 is 21.1 Å². The summed E-state index contributed by atoms with van der Waals surface area (Å²) in [4.78, 5) is 32.0. The second-order valence-electron chi connectivity index (χ2n) is 10.4. The number of fused-ring (bicyclic) bond motifs is 1. The second kappa shape index (κ2) is 11.9. The van der Waals surface area contributed by atoms with Crippen LogP contribution in [0, 0.1) is 0 Å². The van der Waals surface area contributed by atoms with Crippen LogP contribution < -0.4 is 10.3 Å². The minimum Gasteiger partial charge on any atom is -0.471 e. The Balaban J connectivity index is 1.43. The lowest BCUT2D eigenvalue weighted by molar-refractivity contribution is 0.138. The smallest absolute Gasteiger partial charge is 0.279 e. The second-order valence-corrected chi connectivity index (χ2v) is 12.3. The van der Waals surface area contributed by atoms with Crippen molar-refractivity contribution in [3.05, 3.63) is 58.4 Å². The zero-order chi connectivity index (χ0) is 29.3. The zero-order valence-corrected chi connectivity index (χ0v) is 24.5. The maximum atomic E-state index is 13.7. The van der Waals surface area contributed by atoms with Gasteiger partial charge in [-0.25, -0.2) is 18.4 Å². The number of aromatic nitrogens is 6. The van der Waals surface area contributed by atoms with E-state index in [4.69, 9.17) is 14.5 Å². The molecule has 0 aliphatic carbocycles. The van der Waals surface area contributed by atoms with Crippen molar-refractivity contribution in [2.45, 2.75) is 44.2 Å². The molecule has 0 unspecified atom stereocenters. The zero-order valence-electron chi connectivity index (χ0n) is 23.7. The molecule has 42 heavy (non-hydrogen) atoms. The number of piperazine rings is 1. The van der Waals surface area contributed by atoms with Crippen LogP contribution in [-0.2, 0) is 27.7 Å². The molecule has 4 aromatic heterocycles. The summed E-state index contributed by atoms with van der Waals surface area (Å²) in [6.45, 7) is 8.33. The van der Waals surface area contributed by atoms with Gasteiger partial charge in [-0.05, 0) is 31.2 Å². The van der Waals surface area contributed by atoms with Crippen LogP contribution in [0.5, 0.6) is 5.88 Å². The molecule has 0 radical (unpaired) electrons. The van der Waals surface area contributed by atoms with Crippen molar-refractivity contribution in [3.63, 3.8) is 0 Å². The average molecular weight is 595 g/mol. The van der Waals surface area contributed by atoms with Crippen LogP contribution in [0.1, 0.15) is 31.7 Å². The first-order valence-corrected chi connectivity index (χ1v) is 15.7. The molecule has 6 rings (SSSR count). The summed E-state index contributed by atoms with van der Waals surface area (Å²) in [5.41, 5.74) is 2.04. The van der Waals surface area contributed by atoms with Crippen LogP contribution in [0.3, 0.4) is 0 Å². The Bertz CT molecular complexity index is 1730. The van der Waals surface area contributed by atoms with E-state index >= 15 is 0 Å². The molecule has 1 atom stereocenters. The number of likely N-dealkylation sites (N-methyl/N-ethyl adjacent to an activating group) is 1. The van der Waals surface area contributed by atoms with Gasteiger partial charge in [0.2, 0.25) is 15.9 Å². The number of aromatic amines is 1. The molecule has 2 aliphatic heterocycles. The normalized spacial score (nSPS) is 18.6. The topological polar surface area (TPSA) is 148 Å². The number of pyridine rings is 2. The number of nitrogens with one attached hydrogen (secondary N) is 1. The van der Waals surface area contributed by atoms with Gasteiger partial charge in [-0.1, -0.05) is 19.9 Å². The van der Waals surface area contributed by atoms with E-state index in [1.165, 1.54) is 16.6 Å². The molecule has 2 aliphatic rings. The molecule has 2 fully saturated rings. The number of sulfonamides is 1. The van der Waals surface area contributed by atoms with E-state index < -0.39 is 15.6 Å². The van der Waals surface area contributed by atoms with E-state index in [1.807, 2.05) is 25.1 Å². The summed E-state index contributed by atoms with van der Waals surface area (Å²) in [5, 5.41) is 4.55. The van der Waals surface area contributed by atoms with Gasteiger partial charge in [0.05, 0.1) is 42.9 Å². The van der Waals surface area contributed by atoms with E-state index in [-0.39, 0.29) is 33.8 Å². The predicted molar refractivity (Wildman–Crippen MR) is 155 cm³/mol. The largest absolute Gasteiger partial charge is 0.471 e. The van der Waals surface area contributed by atoms with Gasteiger partial charge in [-0.3, -0.25) is 14.5 Å². The molecule has 0 spiro atoms. The summed E-state index contributed by atoms with van der Waals surface area (Å²) in [5.74, 6) is 0.343. The van der Waals surface area contributed by atoms with Crippen LogP contribution in [0.2, 0.25) is 0 Å². The summed E-state index contributed by atoms with van der Waals surface area (Å²) in [6.07, 6.45) is 4.02. The number of rotatable bonds is 9. The van der Waals surface area contributed by atoms with Gasteiger partial charge < -0.3 is 19.4 Å². The van der Waals surface area contributed by atoms with Gasteiger partial charge in [0, 0.05) is 38.8 Å². The Morgan fingerprint density at radius 2 is 1.95 bits per heavy atom. The van der Waals surface area contributed by atoms with E-state index in [1.54, 1.807) is 10.9 Å². The quantitative estimate of drug-likeness (QED) is 0.303. The van der Waals surface area contributed by atoms with Crippen LogP contribution in [0.4, 0.5) is 0 Å². The molecule has 0 aromatic carbocycles. The molecule has 4 aromatic rings. The van der Waals surface area contributed by atoms with Crippen molar-refractivity contribution in [2.75, 3.05) is 45.9 Å². The fraction of sp³-hybridized carbons (Fsp3) is 0.464. The number of hydrogen-bond acceptors (Lipinski definition) is 10. The van der Waals surface area contributed by atoms with Gasteiger partial charge >= 0.3 is 0 Å². The van der Waals surface area contributed by atoms with Gasteiger partial charge in [0.15, 0.2) is 5.52 Å². The third-order valence-corrected chi connectivity index (χ3v) is 9.60. The first-order valence-electron chi connectivity index (χ1n) is 14.2. The lowest BCUT2D eigenvalue weighted by Gasteiger charge is -2.33. The van der Waals surface area contributed by atoms with E-state index in [0.717, 1.165) is 17.9 Å². The highest BCUT2D eigenvalue weighted by Gasteiger charge is 2.31. The molecular weight excluding hydrogens is 560 g/mol. The van der Waals surface area contributed by atoms with Crippen molar-refractivity contribution in [3.8, 4) is 17.3 Å². The monoisotopic (exact) mass is 594 g/mol. The van der Waals surface area contributed by atoms with E-state index in [2.05, 4.69) is 31.9 Å². The number of hydrogen-bond donors (Lipinski definition) is 1. The minimum absolute atomic E-state index is 0.0155. The van der Waals surface area contributed by atoms with Crippen molar-refractivity contribution in [1.29, 1.82) is 0 Å². The summed E-state index contributed by atoms with van der Waals surface area (Å²) < 4.78 is 42.2. The highest BCUT2D eigenvalue weighted by atomic mass is 32.2. The first-order chi connectivity index (χ1) is 20.4. The average Bonchev–Trinajstić information content (AvgIpc) is 3.65. The molecule has 0 bridgehead atoms. The van der Waals surface area contributed by atoms with Gasteiger partial charge in [-0.15, -0.1) is 0 Å². The molecule has 222 valence electrons. The number of H-pyrrole nitrogens is 1. The molecule has 1 N–H and O–H groups in total. The minimum atomic E-state index is -3.84. The molecule has 0 saturated carbocycles. The van der Waals surface area contributed by atoms with Gasteiger partial charge in [-0.2, -0.15) is 9.40 Å². The fourth-order valence-corrected chi connectivity index (χ4v) is 6.75. The first kappa shape index (κ1) is 28.4. The number of aryl methyl sites for hydroxylation is 1. The maximum absolute atomic E-state index is 13.7. The highest BCUT2D eigenvalue weighted by Crippen LogP contribution is 2.32. The summed E-state index contributed by atoms with van der Waals surface area (Å²) in [7, 11) is -3.84. The molecular formula is C28H34N8O5S. The molecule has 13 nitrogen and oxygen atoms in total. The maximum Gasteiger partial charge on any atom is 0.279 e. The number of ether oxygens (including phenoxy) is 2. The lowest BCUT2D eigenvalue weighted by atomic mass is 10.2. The van der Waals surface area contributed by atoms with E-state index in [0.29, 0.717) is 64.3 Å². The fourth-order valence-electron chi connectivity index (χ4n) is 5.35. The predicted octanol–water partition coefficient (Wildman–Crippen LogP) is 1.68. The van der Waals surface area contributed by atoms with Crippen molar-refractivity contribution in [2.24, 2.45) is 0 Å². The van der Waals surface area contributed by atoms with Crippen LogP contribution in [-0.4, -0.2) is 99.4 Å². The number of nitrogens with zero attached hydrogens (tertiary/aromatic N) is 7. The standard InChI is InChI=1S/C28H34N8O5S/c1-3-23-24-25(33-36(23)17-19-7-5-6-9-29-19)27(37)32-26(31-24)22-15-21(16-30-28(22)41-20-8-14-40-18-20)42(38,39)35-12-10-34(4-2)11-13-35/h5-7,9,15-16,20H,3-4,8,10-14,17-18H2,1-2H3,(H,31,32,37)/t20-/m1/s1. The molecule has 6 heterocycles. The Hall–Kier alpha value is -3.72. The lowest BCUT2D eigenvalue weighted by Crippen LogP contribution is -2.48. The molecule has 2 saturated heterocycles. The third kappa shape index (κ3) is 5.54. The van der Waals surface area contributed by atoms with Crippen LogP contribution in [0.15, 0.2) is 46.3 Å². The highest BCUT2D eigenvalue weighted by molar-refractivity contribution is 7.89. The van der Waals surface area contributed by atoms with Crippen LogP contribution >= 0.6 is 0 Å². The molecule has 14 heteroatoms. The third-order valence-electron chi connectivity index (χ3n) is 7.74. The van der Waals surface area contributed by atoms with Crippen molar-refractivity contribution < 1.29 is 17.9 Å². The Labute approximate surface area is 243 Å².